The first kappa shape index (κ1) is 23.7. The molecule has 32 heavy (non-hydrogen) atoms. The first-order valence-electron chi connectivity index (χ1n) is 10.4. The fourth-order valence-electron chi connectivity index (χ4n) is 3.22. The molecule has 1 unspecified atom stereocenters. The average molecular weight is 456 g/mol. The fraction of sp³-hybridized carbons (Fsp3) is 0.435. The molecule has 1 N–H and O–H groups in total. The Hall–Kier alpha value is -2.94. The van der Waals surface area contributed by atoms with Gasteiger partial charge in [0.25, 0.3) is 5.56 Å². The Labute approximate surface area is 191 Å². The van der Waals surface area contributed by atoms with E-state index in [-0.39, 0.29) is 28.6 Å². The van der Waals surface area contributed by atoms with Crippen molar-refractivity contribution < 1.29 is 4.79 Å². The van der Waals surface area contributed by atoms with Crippen LogP contribution in [-0.4, -0.2) is 37.3 Å². The van der Waals surface area contributed by atoms with Crippen molar-refractivity contribution in [3.8, 4) is 0 Å². The highest BCUT2D eigenvalue weighted by molar-refractivity contribution is 8.00. The molecule has 3 rings (SSSR count). The van der Waals surface area contributed by atoms with E-state index in [9.17, 15) is 14.4 Å². The Balaban J connectivity index is 1.87. The second-order valence-electron chi connectivity index (χ2n) is 8.91. The van der Waals surface area contributed by atoms with E-state index in [0.717, 1.165) is 10.1 Å². The van der Waals surface area contributed by atoms with Crippen LogP contribution in [0, 0.1) is 0 Å². The third-order valence-electron chi connectivity index (χ3n) is 5.25. The number of carbonyl (C=O) groups is 1. The number of nitrogens with one attached hydrogen (secondary N) is 1. The van der Waals surface area contributed by atoms with Crippen LogP contribution in [0.2, 0.25) is 0 Å². The van der Waals surface area contributed by atoms with E-state index in [1.165, 1.54) is 23.4 Å². The zero-order chi connectivity index (χ0) is 23.6. The number of hydrogen-bond donors (Lipinski definition) is 1. The van der Waals surface area contributed by atoms with Crippen molar-refractivity contribution in [1.29, 1.82) is 0 Å². The molecule has 0 saturated heterocycles. The van der Waals surface area contributed by atoms with E-state index in [1.54, 1.807) is 7.05 Å². The molecule has 1 aromatic carbocycles. The van der Waals surface area contributed by atoms with Gasteiger partial charge in [0.05, 0.1) is 5.75 Å². The molecule has 9 heteroatoms. The second kappa shape index (κ2) is 9.28. The van der Waals surface area contributed by atoms with Crippen molar-refractivity contribution in [2.75, 3.05) is 12.3 Å². The molecule has 2 heterocycles. The molecule has 0 aliphatic carbocycles. The third kappa shape index (κ3) is 4.93. The second-order valence-corrected chi connectivity index (χ2v) is 9.88. The molecular weight excluding hydrogens is 426 g/mol. The van der Waals surface area contributed by atoms with Gasteiger partial charge in [0.1, 0.15) is 16.2 Å². The summed E-state index contributed by atoms with van der Waals surface area (Å²) >= 11 is 1.18. The standard InChI is InChI=1S/C23H29N5O3S/c1-14(15-10-8-7-9-11-15)12-24-16(29)13-32-19-17-18(25-21(26-19)23(2,3)4)27(5)22(31)28(6)20(17)30/h7-11,14H,12-13H2,1-6H3,(H,24,29). The summed E-state index contributed by atoms with van der Waals surface area (Å²) in [5.74, 6) is 0.639. The number of carbonyl (C=O) groups excluding carboxylic acids is 1. The summed E-state index contributed by atoms with van der Waals surface area (Å²) in [6.45, 7) is 8.44. The van der Waals surface area contributed by atoms with Crippen molar-refractivity contribution in [1.82, 2.24) is 24.4 Å². The summed E-state index contributed by atoms with van der Waals surface area (Å²) in [6.07, 6.45) is 0. The molecule has 0 spiro atoms. The van der Waals surface area contributed by atoms with Gasteiger partial charge in [-0.2, -0.15) is 0 Å². The molecule has 8 nitrogen and oxygen atoms in total. The van der Waals surface area contributed by atoms with Crippen LogP contribution in [0.25, 0.3) is 11.0 Å². The first-order chi connectivity index (χ1) is 15.0. The maximum atomic E-state index is 12.9. The lowest BCUT2D eigenvalue weighted by Crippen LogP contribution is -2.38. The van der Waals surface area contributed by atoms with Crippen LogP contribution < -0.4 is 16.6 Å². The number of aromatic nitrogens is 4. The topological polar surface area (TPSA) is 98.9 Å². The number of aryl methyl sites for hydroxylation is 1. The van der Waals surface area contributed by atoms with Crippen LogP contribution in [0.5, 0.6) is 0 Å². The first-order valence-corrected chi connectivity index (χ1v) is 11.4. The Kier molecular flexibility index (Phi) is 6.88. The van der Waals surface area contributed by atoms with Crippen molar-refractivity contribution >= 4 is 28.7 Å². The minimum Gasteiger partial charge on any atom is -0.355 e. The van der Waals surface area contributed by atoms with Gasteiger partial charge in [-0.3, -0.25) is 18.7 Å². The van der Waals surface area contributed by atoms with Gasteiger partial charge in [0.2, 0.25) is 5.91 Å². The SMILES string of the molecule is CC(CNC(=O)CSc1nc(C(C)(C)C)nc2c1c(=O)n(C)c(=O)n2C)c1ccccc1. The van der Waals surface area contributed by atoms with E-state index < -0.39 is 16.7 Å². The van der Waals surface area contributed by atoms with Crippen LogP contribution in [-0.2, 0) is 24.3 Å². The number of benzene rings is 1. The smallest absolute Gasteiger partial charge is 0.332 e. The summed E-state index contributed by atoms with van der Waals surface area (Å²) in [5, 5.41) is 3.60. The highest BCUT2D eigenvalue weighted by Crippen LogP contribution is 2.26. The van der Waals surface area contributed by atoms with Gasteiger partial charge in [-0.15, -0.1) is 0 Å². The van der Waals surface area contributed by atoms with Crippen LogP contribution >= 0.6 is 11.8 Å². The molecule has 0 bridgehead atoms. The van der Waals surface area contributed by atoms with E-state index in [0.29, 0.717) is 17.4 Å². The summed E-state index contributed by atoms with van der Waals surface area (Å²) in [4.78, 5) is 46.9. The monoisotopic (exact) mass is 455 g/mol. The van der Waals surface area contributed by atoms with Gasteiger partial charge in [-0.25, -0.2) is 14.8 Å². The van der Waals surface area contributed by atoms with Gasteiger partial charge in [0.15, 0.2) is 5.65 Å². The summed E-state index contributed by atoms with van der Waals surface area (Å²) in [6, 6.07) is 9.98. The van der Waals surface area contributed by atoms with Gasteiger partial charge in [-0.05, 0) is 11.5 Å². The lowest BCUT2D eigenvalue weighted by Gasteiger charge is -2.19. The quantitative estimate of drug-likeness (QED) is 0.452. The minimum atomic E-state index is -0.468. The number of rotatable bonds is 6. The summed E-state index contributed by atoms with van der Waals surface area (Å²) in [5.41, 5.74) is 0.113. The number of amides is 1. The van der Waals surface area contributed by atoms with Gasteiger partial charge in [-0.1, -0.05) is 69.8 Å². The van der Waals surface area contributed by atoms with E-state index >= 15 is 0 Å². The van der Waals surface area contributed by atoms with Crippen molar-refractivity contribution in [2.24, 2.45) is 14.1 Å². The maximum Gasteiger partial charge on any atom is 0.332 e. The lowest BCUT2D eigenvalue weighted by atomic mass is 9.96. The molecule has 0 aliphatic rings. The Morgan fingerprint density at radius 3 is 2.38 bits per heavy atom. The number of fused-ring (bicyclic) bond motifs is 1. The molecule has 1 amide bonds. The predicted octanol–water partition coefficient (Wildman–Crippen LogP) is 2.34. The van der Waals surface area contributed by atoms with Gasteiger partial charge in [0, 0.05) is 26.1 Å². The molecular formula is C23H29N5O3S. The Morgan fingerprint density at radius 1 is 1.09 bits per heavy atom. The van der Waals surface area contributed by atoms with Crippen LogP contribution in [0.4, 0.5) is 0 Å². The lowest BCUT2D eigenvalue weighted by molar-refractivity contribution is -0.118. The average Bonchev–Trinajstić information content (AvgIpc) is 2.77. The molecule has 0 fully saturated rings. The molecule has 0 saturated carbocycles. The molecule has 0 aliphatic heterocycles. The normalized spacial score (nSPS) is 12.7. The minimum absolute atomic E-state index is 0.100. The van der Waals surface area contributed by atoms with E-state index in [2.05, 4.69) is 22.2 Å². The van der Waals surface area contributed by atoms with E-state index in [4.69, 9.17) is 0 Å². The molecule has 2 aromatic heterocycles. The number of hydrogen-bond acceptors (Lipinski definition) is 6. The molecule has 0 radical (unpaired) electrons. The zero-order valence-electron chi connectivity index (χ0n) is 19.3. The number of thioether (sulfide) groups is 1. The summed E-state index contributed by atoms with van der Waals surface area (Å²) in [7, 11) is 3.00. The van der Waals surface area contributed by atoms with Crippen molar-refractivity contribution in [3.63, 3.8) is 0 Å². The molecule has 3 aromatic rings. The zero-order valence-corrected chi connectivity index (χ0v) is 20.1. The van der Waals surface area contributed by atoms with Crippen LogP contribution in [0.3, 0.4) is 0 Å². The molecule has 170 valence electrons. The molecule has 1 atom stereocenters. The van der Waals surface area contributed by atoms with Gasteiger partial charge < -0.3 is 5.32 Å². The van der Waals surface area contributed by atoms with E-state index in [1.807, 2.05) is 51.1 Å². The highest BCUT2D eigenvalue weighted by atomic mass is 32.2. The Morgan fingerprint density at radius 2 is 1.75 bits per heavy atom. The van der Waals surface area contributed by atoms with Crippen LogP contribution in [0.15, 0.2) is 44.9 Å². The summed E-state index contributed by atoms with van der Waals surface area (Å²) < 4.78 is 2.38. The fourth-order valence-corrected chi connectivity index (χ4v) is 4.06. The predicted molar refractivity (Wildman–Crippen MR) is 127 cm³/mol. The maximum absolute atomic E-state index is 12.9. The largest absolute Gasteiger partial charge is 0.355 e. The number of nitrogens with zero attached hydrogens (tertiary/aromatic N) is 4. The highest BCUT2D eigenvalue weighted by Gasteiger charge is 2.24. The van der Waals surface area contributed by atoms with Crippen LogP contribution in [0.1, 0.15) is 45.0 Å². The Bertz CT molecular complexity index is 1260. The third-order valence-corrected chi connectivity index (χ3v) is 6.23. The van der Waals surface area contributed by atoms with Gasteiger partial charge >= 0.3 is 5.69 Å². The van der Waals surface area contributed by atoms with Crippen molar-refractivity contribution in [2.45, 2.75) is 44.1 Å². The van der Waals surface area contributed by atoms with Crippen molar-refractivity contribution in [3.05, 3.63) is 62.6 Å².